The van der Waals surface area contributed by atoms with Crippen molar-refractivity contribution in [1.82, 2.24) is 0 Å². The van der Waals surface area contributed by atoms with E-state index >= 15 is 0 Å². The summed E-state index contributed by atoms with van der Waals surface area (Å²) in [5.74, 6) is -0.771. The Bertz CT molecular complexity index is 619. The van der Waals surface area contributed by atoms with Crippen molar-refractivity contribution in [3.8, 4) is 0 Å². The van der Waals surface area contributed by atoms with Crippen LogP contribution in [0.15, 0.2) is 27.5 Å². The lowest BCUT2D eigenvalue weighted by molar-refractivity contribution is -0.132. The van der Waals surface area contributed by atoms with E-state index in [0.29, 0.717) is 5.56 Å². The Labute approximate surface area is 98.2 Å². The van der Waals surface area contributed by atoms with Crippen LogP contribution in [-0.2, 0) is 26.1 Å². The second-order valence-electron chi connectivity index (χ2n) is 3.44. The first-order valence-corrected chi connectivity index (χ1v) is 6.20. The molecule has 1 aromatic rings. The molecule has 0 saturated carbocycles. The highest BCUT2D eigenvalue weighted by Crippen LogP contribution is 2.27. The molecule has 0 aromatic heterocycles. The van der Waals surface area contributed by atoms with E-state index < -0.39 is 16.0 Å². The monoisotopic (exact) mass is 254 g/mol. The van der Waals surface area contributed by atoms with Gasteiger partial charge in [-0.05, 0) is 11.6 Å². The highest BCUT2D eigenvalue weighted by atomic mass is 32.2. The van der Waals surface area contributed by atoms with Crippen LogP contribution in [0.5, 0.6) is 0 Å². The molecule has 0 aliphatic carbocycles. The first-order valence-electron chi connectivity index (χ1n) is 4.76. The number of ether oxygens (including phenoxy) is 1. The molecule has 0 amide bonds. The fourth-order valence-electron chi connectivity index (χ4n) is 1.57. The highest BCUT2D eigenvalue weighted by Gasteiger charge is 2.33. The SMILES string of the molecule is COC(=O)C1=NS(=O)(=O)c2cc(CN)ccc21. The molecule has 0 fully saturated rings. The van der Waals surface area contributed by atoms with Crippen LogP contribution in [0.4, 0.5) is 0 Å². The van der Waals surface area contributed by atoms with Gasteiger partial charge in [0.1, 0.15) is 0 Å². The van der Waals surface area contributed by atoms with E-state index in [2.05, 4.69) is 9.13 Å². The summed E-state index contributed by atoms with van der Waals surface area (Å²) < 4.78 is 31.3. The Hall–Kier alpha value is -1.73. The third-order valence-corrected chi connectivity index (χ3v) is 3.72. The molecular formula is C10H10N2O4S. The summed E-state index contributed by atoms with van der Waals surface area (Å²) >= 11 is 0. The summed E-state index contributed by atoms with van der Waals surface area (Å²) in [5, 5.41) is 0. The predicted molar refractivity (Wildman–Crippen MR) is 60.1 cm³/mol. The van der Waals surface area contributed by atoms with E-state index in [9.17, 15) is 13.2 Å². The summed E-state index contributed by atoms with van der Waals surface area (Å²) in [6, 6.07) is 4.58. The molecule has 17 heavy (non-hydrogen) atoms. The second kappa shape index (κ2) is 3.94. The molecule has 90 valence electrons. The molecule has 0 unspecified atom stereocenters. The standard InChI is InChI=1S/C10H10N2O4S/c1-16-10(13)9-7-3-2-6(5-11)4-8(7)17(14,15)12-9/h2-4H,5,11H2,1H3. The molecule has 6 nitrogen and oxygen atoms in total. The van der Waals surface area contributed by atoms with E-state index in [1.54, 1.807) is 6.07 Å². The first-order chi connectivity index (χ1) is 7.99. The number of rotatable bonds is 2. The van der Waals surface area contributed by atoms with Gasteiger partial charge in [-0.15, -0.1) is 0 Å². The first kappa shape index (κ1) is 11.7. The van der Waals surface area contributed by atoms with Gasteiger partial charge in [-0.3, -0.25) is 0 Å². The van der Waals surface area contributed by atoms with E-state index in [4.69, 9.17) is 5.73 Å². The van der Waals surface area contributed by atoms with E-state index in [-0.39, 0.29) is 22.7 Å². The lowest BCUT2D eigenvalue weighted by atomic mass is 10.1. The summed E-state index contributed by atoms with van der Waals surface area (Å²) in [5.41, 5.74) is 6.16. The fourth-order valence-corrected chi connectivity index (χ4v) is 2.82. The van der Waals surface area contributed by atoms with Crippen LogP contribution in [-0.4, -0.2) is 27.2 Å². The van der Waals surface area contributed by atoms with Crippen molar-refractivity contribution in [1.29, 1.82) is 0 Å². The third kappa shape index (κ3) is 1.83. The lowest BCUT2D eigenvalue weighted by Gasteiger charge is -2.02. The molecule has 7 heteroatoms. The maximum absolute atomic E-state index is 11.7. The minimum absolute atomic E-state index is 0.000787. The molecule has 0 atom stereocenters. The molecular weight excluding hydrogens is 244 g/mol. The van der Waals surface area contributed by atoms with Gasteiger partial charge in [0.15, 0.2) is 5.71 Å². The van der Waals surface area contributed by atoms with Crippen LogP contribution < -0.4 is 5.73 Å². The quantitative estimate of drug-likeness (QED) is 0.737. The molecule has 2 rings (SSSR count). The number of benzene rings is 1. The smallest absolute Gasteiger partial charge is 0.358 e. The predicted octanol–water partition coefficient (Wildman–Crippen LogP) is -0.190. The number of nitrogens with zero attached hydrogens (tertiary/aromatic N) is 1. The zero-order valence-corrected chi connectivity index (χ0v) is 9.82. The Morgan fingerprint density at radius 3 is 2.76 bits per heavy atom. The number of hydrogen-bond donors (Lipinski definition) is 1. The molecule has 1 heterocycles. The van der Waals surface area contributed by atoms with Gasteiger partial charge in [0.05, 0.1) is 12.0 Å². The van der Waals surface area contributed by atoms with Gasteiger partial charge in [0, 0.05) is 12.1 Å². The third-order valence-electron chi connectivity index (χ3n) is 2.40. The lowest BCUT2D eigenvalue weighted by Crippen LogP contribution is -2.15. The zero-order chi connectivity index (χ0) is 12.6. The number of nitrogens with two attached hydrogens (primary N) is 1. The van der Waals surface area contributed by atoms with Gasteiger partial charge in [-0.25, -0.2) is 4.79 Å². The summed E-state index contributed by atoms with van der Waals surface area (Å²) in [4.78, 5) is 11.4. The van der Waals surface area contributed by atoms with Gasteiger partial charge in [-0.1, -0.05) is 12.1 Å². The summed E-state index contributed by atoms with van der Waals surface area (Å²) in [6.45, 7) is 0.219. The van der Waals surface area contributed by atoms with Gasteiger partial charge in [-0.2, -0.15) is 12.8 Å². The van der Waals surface area contributed by atoms with Gasteiger partial charge < -0.3 is 10.5 Å². The Kier molecular flexibility index (Phi) is 2.72. The minimum Gasteiger partial charge on any atom is -0.464 e. The average Bonchev–Trinajstić information content (AvgIpc) is 2.60. The van der Waals surface area contributed by atoms with E-state index in [1.165, 1.54) is 19.2 Å². The minimum atomic E-state index is -3.81. The second-order valence-corrected chi connectivity index (χ2v) is 5.01. The van der Waals surface area contributed by atoms with Crippen LogP contribution in [0.2, 0.25) is 0 Å². The maximum atomic E-state index is 11.7. The molecule has 0 bridgehead atoms. The Morgan fingerprint density at radius 1 is 1.47 bits per heavy atom. The summed E-state index contributed by atoms with van der Waals surface area (Å²) in [6.07, 6.45) is 0. The number of fused-ring (bicyclic) bond motifs is 1. The number of esters is 1. The zero-order valence-electron chi connectivity index (χ0n) is 9.00. The topological polar surface area (TPSA) is 98.8 Å². The van der Waals surface area contributed by atoms with E-state index in [0.717, 1.165) is 0 Å². The maximum Gasteiger partial charge on any atom is 0.358 e. The number of carbonyl (C=O) groups excluding carboxylic acids is 1. The summed E-state index contributed by atoms with van der Waals surface area (Å²) in [7, 11) is -2.64. The van der Waals surface area contributed by atoms with Crippen molar-refractivity contribution in [2.75, 3.05) is 7.11 Å². The number of hydrogen-bond acceptors (Lipinski definition) is 5. The molecule has 1 aliphatic heterocycles. The molecule has 0 spiro atoms. The van der Waals surface area contributed by atoms with Crippen molar-refractivity contribution in [3.63, 3.8) is 0 Å². The van der Waals surface area contributed by atoms with Crippen LogP contribution in [0.1, 0.15) is 11.1 Å². The Balaban J connectivity index is 2.65. The van der Waals surface area contributed by atoms with E-state index in [1.807, 2.05) is 0 Å². The number of carbonyl (C=O) groups is 1. The van der Waals surface area contributed by atoms with Gasteiger partial charge >= 0.3 is 5.97 Å². The number of methoxy groups -OCH3 is 1. The molecule has 1 aliphatic rings. The van der Waals surface area contributed by atoms with Gasteiger partial charge in [0.25, 0.3) is 10.0 Å². The largest absolute Gasteiger partial charge is 0.464 e. The molecule has 1 aromatic carbocycles. The normalized spacial score (nSPS) is 16.2. The molecule has 2 N–H and O–H groups in total. The van der Waals surface area contributed by atoms with Crippen molar-refractivity contribution >= 4 is 21.7 Å². The van der Waals surface area contributed by atoms with Crippen molar-refractivity contribution in [2.45, 2.75) is 11.4 Å². The Morgan fingerprint density at radius 2 is 2.18 bits per heavy atom. The van der Waals surface area contributed by atoms with Crippen molar-refractivity contribution in [2.24, 2.45) is 10.1 Å². The number of sulfonamides is 1. The fraction of sp³-hybridized carbons (Fsp3) is 0.200. The van der Waals surface area contributed by atoms with Crippen molar-refractivity contribution < 1.29 is 17.9 Å². The van der Waals surface area contributed by atoms with Gasteiger partial charge in [0.2, 0.25) is 0 Å². The average molecular weight is 254 g/mol. The molecule has 0 saturated heterocycles. The van der Waals surface area contributed by atoms with Crippen LogP contribution in [0.25, 0.3) is 0 Å². The van der Waals surface area contributed by atoms with Crippen LogP contribution >= 0.6 is 0 Å². The van der Waals surface area contributed by atoms with Crippen LogP contribution in [0.3, 0.4) is 0 Å². The highest BCUT2D eigenvalue weighted by molar-refractivity contribution is 7.90. The van der Waals surface area contributed by atoms with Crippen molar-refractivity contribution in [3.05, 3.63) is 29.3 Å². The molecule has 0 radical (unpaired) electrons. The van der Waals surface area contributed by atoms with Crippen LogP contribution in [0, 0.1) is 0 Å².